The topological polar surface area (TPSA) is 47.4 Å². The number of ether oxygens (including phenoxy) is 1. The van der Waals surface area contributed by atoms with Gasteiger partial charge in [-0.1, -0.05) is 28.1 Å². The van der Waals surface area contributed by atoms with Crippen molar-refractivity contribution in [1.82, 2.24) is 14.5 Å². The summed E-state index contributed by atoms with van der Waals surface area (Å²) in [6.45, 7) is 7.11. The molecule has 1 saturated heterocycles. The molecule has 5 nitrogen and oxygen atoms in total. The maximum atomic E-state index is 12.2. The molecule has 2 heterocycles. The van der Waals surface area contributed by atoms with E-state index in [1.807, 2.05) is 40.0 Å². The van der Waals surface area contributed by atoms with Gasteiger partial charge < -0.3 is 14.2 Å². The Hall–Kier alpha value is -1.82. The number of hydrogen-bond donors (Lipinski definition) is 0. The highest BCUT2D eigenvalue weighted by Crippen LogP contribution is 2.30. The number of rotatable bonds is 2. The molecule has 1 aromatic carbocycles. The van der Waals surface area contributed by atoms with Crippen molar-refractivity contribution in [3.8, 4) is 11.3 Å². The van der Waals surface area contributed by atoms with Gasteiger partial charge in [-0.25, -0.2) is 9.78 Å². The van der Waals surface area contributed by atoms with Crippen LogP contribution in [-0.2, 0) is 11.8 Å². The van der Waals surface area contributed by atoms with E-state index in [0.29, 0.717) is 19.0 Å². The fraction of sp³-hybridized carbons (Fsp3) is 0.500. The van der Waals surface area contributed by atoms with Crippen molar-refractivity contribution < 1.29 is 9.53 Å². The Bertz CT molecular complexity index is 787. The van der Waals surface area contributed by atoms with E-state index in [2.05, 4.69) is 38.8 Å². The van der Waals surface area contributed by atoms with Crippen LogP contribution < -0.4 is 0 Å². The predicted molar refractivity (Wildman–Crippen MR) is 106 cm³/mol. The summed E-state index contributed by atoms with van der Waals surface area (Å²) in [5, 5.41) is 0. The molecule has 0 atom stereocenters. The highest BCUT2D eigenvalue weighted by Gasteiger charge is 2.29. The Morgan fingerprint density at radius 3 is 2.58 bits per heavy atom. The van der Waals surface area contributed by atoms with E-state index in [1.54, 1.807) is 4.90 Å². The fourth-order valence-electron chi connectivity index (χ4n) is 3.29. The summed E-state index contributed by atoms with van der Waals surface area (Å²) in [6.07, 6.45) is 3.67. The fourth-order valence-corrected chi connectivity index (χ4v) is 3.69. The maximum Gasteiger partial charge on any atom is 0.410 e. The molecule has 140 valence electrons. The average molecular weight is 420 g/mol. The molecule has 0 aliphatic carbocycles. The molecule has 1 fully saturated rings. The second-order valence-electron chi connectivity index (χ2n) is 7.85. The zero-order chi connectivity index (χ0) is 18.9. The first kappa shape index (κ1) is 19.0. The van der Waals surface area contributed by atoms with E-state index < -0.39 is 5.60 Å². The molecule has 26 heavy (non-hydrogen) atoms. The number of benzene rings is 1. The predicted octanol–water partition coefficient (Wildman–Crippen LogP) is 4.96. The highest BCUT2D eigenvalue weighted by molar-refractivity contribution is 9.10. The van der Waals surface area contributed by atoms with Crippen molar-refractivity contribution in [3.05, 3.63) is 40.8 Å². The summed E-state index contributed by atoms with van der Waals surface area (Å²) in [5.41, 5.74) is 1.64. The minimum absolute atomic E-state index is 0.217. The molecule has 0 unspecified atom stereocenters. The number of aromatic nitrogens is 2. The quantitative estimate of drug-likeness (QED) is 0.690. The Morgan fingerprint density at radius 1 is 1.27 bits per heavy atom. The van der Waals surface area contributed by atoms with Gasteiger partial charge in [0.25, 0.3) is 0 Å². The third-order valence-corrected chi connectivity index (χ3v) is 5.04. The van der Waals surface area contributed by atoms with Gasteiger partial charge in [0.05, 0.1) is 5.69 Å². The van der Waals surface area contributed by atoms with E-state index in [-0.39, 0.29) is 6.09 Å². The number of hydrogen-bond acceptors (Lipinski definition) is 3. The van der Waals surface area contributed by atoms with Crippen LogP contribution in [0.5, 0.6) is 0 Å². The largest absolute Gasteiger partial charge is 0.444 e. The van der Waals surface area contributed by atoms with Crippen LogP contribution in [0.4, 0.5) is 4.79 Å². The van der Waals surface area contributed by atoms with E-state index in [0.717, 1.165) is 34.4 Å². The molecule has 0 saturated carbocycles. The number of nitrogens with zero attached hydrogens (tertiary/aromatic N) is 3. The number of aryl methyl sites for hydroxylation is 1. The summed E-state index contributed by atoms with van der Waals surface area (Å²) in [7, 11) is 2.05. The van der Waals surface area contributed by atoms with Gasteiger partial charge in [-0.2, -0.15) is 0 Å². The summed E-state index contributed by atoms with van der Waals surface area (Å²) in [5.74, 6) is 1.45. The molecule has 6 heteroatoms. The molecule has 0 bridgehead atoms. The molecule has 3 rings (SSSR count). The van der Waals surface area contributed by atoms with E-state index in [9.17, 15) is 4.79 Å². The zero-order valence-corrected chi connectivity index (χ0v) is 17.4. The lowest BCUT2D eigenvalue weighted by Gasteiger charge is -2.33. The molecule has 0 spiro atoms. The number of halogens is 1. The highest BCUT2D eigenvalue weighted by atomic mass is 79.9. The lowest BCUT2D eigenvalue weighted by Crippen LogP contribution is -2.41. The summed E-state index contributed by atoms with van der Waals surface area (Å²) in [4.78, 5) is 18.9. The van der Waals surface area contributed by atoms with Crippen molar-refractivity contribution >= 4 is 22.0 Å². The molecule has 1 aliphatic rings. The minimum Gasteiger partial charge on any atom is -0.444 e. The molecule has 1 aliphatic heterocycles. The van der Waals surface area contributed by atoms with Crippen LogP contribution in [0.15, 0.2) is 34.9 Å². The molecular formula is C20H26BrN3O2. The standard InChI is InChI=1S/C20H26BrN3O2/c1-20(2,3)26-19(25)24-10-8-14(9-11-24)18-22-17(13-23(18)4)15-6-5-7-16(21)12-15/h5-7,12-14H,8-11H2,1-4H3. The van der Waals surface area contributed by atoms with Crippen molar-refractivity contribution in [2.24, 2.45) is 7.05 Å². The van der Waals surface area contributed by atoms with Gasteiger partial charge >= 0.3 is 6.09 Å². The van der Waals surface area contributed by atoms with Crippen LogP contribution in [0.3, 0.4) is 0 Å². The van der Waals surface area contributed by atoms with Gasteiger partial charge in [0, 0.05) is 42.3 Å². The second-order valence-corrected chi connectivity index (χ2v) is 8.76. The number of carbonyl (C=O) groups excluding carboxylic acids is 1. The first-order valence-corrected chi connectivity index (χ1v) is 9.79. The SMILES string of the molecule is Cn1cc(-c2cccc(Br)c2)nc1C1CCN(C(=O)OC(C)(C)C)CC1. The number of carbonyl (C=O) groups is 1. The van der Waals surface area contributed by atoms with Gasteiger partial charge in [-0.05, 0) is 45.7 Å². The first-order chi connectivity index (χ1) is 12.2. The minimum atomic E-state index is -0.452. The van der Waals surface area contributed by atoms with Crippen LogP contribution in [-0.4, -0.2) is 39.2 Å². The molecule has 1 amide bonds. The van der Waals surface area contributed by atoms with E-state index in [4.69, 9.17) is 9.72 Å². The Morgan fingerprint density at radius 2 is 1.96 bits per heavy atom. The number of likely N-dealkylation sites (tertiary alicyclic amines) is 1. The molecule has 2 aromatic rings. The van der Waals surface area contributed by atoms with Crippen LogP contribution in [0.1, 0.15) is 45.4 Å². The van der Waals surface area contributed by atoms with Crippen LogP contribution in [0.2, 0.25) is 0 Å². The zero-order valence-electron chi connectivity index (χ0n) is 15.8. The summed E-state index contributed by atoms with van der Waals surface area (Å²) < 4.78 is 8.64. The molecule has 0 radical (unpaired) electrons. The Balaban J connectivity index is 1.68. The Labute approximate surface area is 163 Å². The van der Waals surface area contributed by atoms with Crippen LogP contribution in [0.25, 0.3) is 11.3 Å². The summed E-state index contributed by atoms with van der Waals surface area (Å²) in [6, 6.07) is 8.19. The van der Waals surface area contributed by atoms with Gasteiger partial charge in [0.2, 0.25) is 0 Å². The van der Waals surface area contributed by atoms with Crippen molar-refractivity contribution in [1.29, 1.82) is 0 Å². The van der Waals surface area contributed by atoms with E-state index >= 15 is 0 Å². The third-order valence-electron chi connectivity index (χ3n) is 4.54. The van der Waals surface area contributed by atoms with E-state index in [1.165, 1.54) is 0 Å². The lowest BCUT2D eigenvalue weighted by atomic mass is 9.96. The first-order valence-electron chi connectivity index (χ1n) is 9.00. The summed E-state index contributed by atoms with van der Waals surface area (Å²) >= 11 is 3.52. The molecular weight excluding hydrogens is 394 g/mol. The smallest absolute Gasteiger partial charge is 0.410 e. The maximum absolute atomic E-state index is 12.2. The second kappa shape index (κ2) is 7.43. The van der Waals surface area contributed by atoms with Crippen molar-refractivity contribution in [2.75, 3.05) is 13.1 Å². The third kappa shape index (κ3) is 4.47. The van der Waals surface area contributed by atoms with Crippen molar-refractivity contribution in [2.45, 2.75) is 45.1 Å². The molecule has 0 N–H and O–H groups in total. The van der Waals surface area contributed by atoms with Crippen LogP contribution in [0, 0.1) is 0 Å². The number of amides is 1. The Kier molecular flexibility index (Phi) is 5.42. The number of piperidine rings is 1. The lowest BCUT2D eigenvalue weighted by molar-refractivity contribution is 0.0202. The van der Waals surface area contributed by atoms with Crippen LogP contribution >= 0.6 is 15.9 Å². The average Bonchev–Trinajstić information content (AvgIpc) is 2.95. The normalized spacial score (nSPS) is 16.0. The monoisotopic (exact) mass is 419 g/mol. The van der Waals surface area contributed by atoms with Gasteiger partial charge in [-0.3, -0.25) is 0 Å². The van der Waals surface area contributed by atoms with Gasteiger partial charge in [-0.15, -0.1) is 0 Å². The molecule has 1 aromatic heterocycles. The number of imidazole rings is 1. The van der Waals surface area contributed by atoms with Crippen molar-refractivity contribution in [3.63, 3.8) is 0 Å². The van der Waals surface area contributed by atoms with Gasteiger partial charge in [0.1, 0.15) is 11.4 Å². The van der Waals surface area contributed by atoms with Gasteiger partial charge in [0.15, 0.2) is 0 Å².